The highest BCUT2D eigenvalue weighted by molar-refractivity contribution is 5.90. The van der Waals surface area contributed by atoms with Gasteiger partial charge < -0.3 is 14.2 Å². The van der Waals surface area contributed by atoms with E-state index in [2.05, 4.69) is 0 Å². The second-order valence-corrected chi connectivity index (χ2v) is 4.47. The van der Waals surface area contributed by atoms with Crippen LogP contribution in [-0.4, -0.2) is 43.3 Å². The van der Waals surface area contributed by atoms with E-state index in [4.69, 9.17) is 14.2 Å². The molecule has 0 N–H and O–H groups in total. The van der Waals surface area contributed by atoms with E-state index in [0.717, 1.165) is 0 Å². The zero-order valence-electron chi connectivity index (χ0n) is 13.0. The Kier molecular flexibility index (Phi) is 7.15. The van der Waals surface area contributed by atoms with E-state index in [1.807, 2.05) is 0 Å². The van der Waals surface area contributed by atoms with Gasteiger partial charge in [-0.1, -0.05) is 6.08 Å². The maximum Gasteiger partial charge on any atom is 0.417 e. The highest BCUT2D eigenvalue weighted by Gasteiger charge is 2.26. The molecule has 0 aromatic heterocycles. The fourth-order valence-corrected chi connectivity index (χ4v) is 1.98. The summed E-state index contributed by atoms with van der Waals surface area (Å²) in [4.78, 5) is 36.1. The Morgan fingerprint density at radius 3 is 2.45 bits per heavy atom. The molecule has 1 aliphatic heterocycles. The number of hydrogen-bond acceptors (Lipinski definition) is 6. The molecule has 7 nitrogen and oxygen atoms in total. The smallest absolute Gasteiger partial charge is 0.417 e. The first-order valence-corrected chi connectivity index (χ1v) is 7.12. The van der Waals surface area contributed by atoms with Crippen LogP contribution >= 0.6 is 0 Å². The molecule has 1 amide bonds. The van der Waals surface area contributed by atoms with Gasteiger partial charge in [0.05, 0.1) is 25.9 Å². The maximum atomic E-state index is 11.9. The third-order valence-electron chi connectivity index (χ3n) is 3.02. The number of hydrogen-bond donors (Lipinski definition) is 0. The highest BCUT2D eigenvalue weighted by Crippen LogP contribution is 2.25. The number of esters is 2. The summed E-state index contributed by atoms with van der Waals surface area (Å²) in [7, 11) is 1.26. The number of nitrogens with zero attached hydrogens (tertiary/aromatic N) is 1. The molecule has 0 aromatic rings. The lowest BCUT2D eigenvalue weighted by Crippen LogP contribution is -2.28. The molecule has 22 heavy (non-hydrogen) atoms. The van der Waals surface area contributed by atoms with Crippen molar-refractivity contribution in [3.05, 3.63) is 24.0 Å². The highest BCUT2D eigenvalue weighted by atomic mass is 16.6. The number of methoxy groups -OCH3 is 1. The van der Waals surface area contributed by atoms with Gasteiger partial charge in [0.1, 0.15) is 0 Å². The van der Waals surface area contributed by atoms with Crippen molar-refractivity contribution in [2.45, 2.75) is 26.7 Å². The second-order valence-electron chi connectivity index (χ2n) is 4.47. The van der Waals surface area contributed by atoms with Crippen molar-refractivity contribution < 1.29 is 28.6 Å². The second kappa shape index (κ2) is 8.86. The molecular weight excluding hydrogens is 290 g/mol. The molecule has 7 heteroatoms. The Morgan fingerprint density at radius 2 is 1.86 bits per heavy atom. The molecule has 0 aliphatic carbocycles. The van der Waals surface area contributed by atoms with Crippen LogP contribution in [0.4, 0.5) is 4.79 Å². The Hall–Kier alpha value is -2.31. The SMILES string of the molecule is CCOC(=O)CCC1C=CN(C(=O)OCC)C=C1C(=O)OC. The largest absolute Gasteiger partial charge is 0.466 e. The predicted molar refractivity (Wildman–Crippen MR) is 77.5 cm³/mol. The molecule has 1 heterocycles. The van der Waals surface area contributed by atoms with Crippen LogP contribution in [0.2, 0.25) is 0 Å². The molecule has 0 fully saturated rings. The number of allylic oxidation sites excluding steroid dienone is 1. The minimum absolute atomic E-state index is 0.177. The molecule has 0 saturated carbocycles. The Morgan fingerprint density at radius 1 is 1.18 bits per heavy atom. The van der Waals surface area contributed by atoms with Crippen LogP contribution in [0.5, 0.6) is 0 Å². The zero-order chi connectivity index (χ0) is 16.5. The Labute approximate surface area is 129 Å². The van der Waals surface area contributed by atoms with Gasteiger partial charge in [-0.2, -0.15) is 0 Å². The van der Waals surface area contributed by atoms with Crippen molar-refractivity contribution >= 4 is 18.0 Å². The first-order chi connectivity index (χ1) is 10.5. The molecule has 0 bridgehead atoms. The predicted octanol–water partition coefficient (Wildman–Crippen LogP) is 1.99. The number of amides is 1. The van der Waals surface area contributed by atoms with E-state index < -0.39 is 12.1 Å². The molecule has 1 aliphatic rings. The minimum Gasteiger partial charge on any atom is -0.466 e. The summed E-state index contributed by atoms with van der Waals surface area (Å²) in [5.41, 5.74) is 0.294. The average Bonchev–Trinajstić information content (AvgIpc) is 2.52. The Balaban J connectivity index is 2.79. The Bertz CT molecular complexity index is 482. The van der Waals surface area contributed by atoms with Crippen LogP contribution in [0.1, 0.15) is 26.7 Å². The van der Waals surface area contributed by atoms with E-state index in [9.17, 15) is 14.4 Å². The fourth-order valence-electron chi connectivity index (χ4n) is 1.98. The molecule has 122 valence electrons. The summed E-state index contributed by atoms with van der Waals surface area (Å²) in [6.07, 6.45) is 4.55. The summed E-state index contributed by atoms with van der Waals surface area (Å²) in [6, 6.07) is 0. The van der Waals surface area contributed by atoms with Crippen molar-refractivity contribution in [1.29, 1.82) is 0 Å². The van der Waals surface area contributed by atoms with Crippen LogP contribution in [0, 0.1) is 5.92 Å². The number of carbonyl (C=O) groups is 3. The van der Waals surface area contributed by atoms with Crippen molar-refractivity contribution in [2.24, 2.45) is 5.92 Å². The van der Waals surface area contributed by atoms with Crippen molar-refractivity contribution in [3.63, 3.8) is 0 Å². The third-order valence-corrected chi connectivity index (χ3v) is 3.02. The summed E-state index contributed by atoms with van der Waals surface area (Å²) < 4.78 is 14.5. The summed E-state index contributed by atoms with van der Waals surface area (Å²) >= 11 is 0. The topological polar surface area (TPSA) is 82.1 Å². The van der Waals surface area contributed by atoms with Gasteiger partial charge in [-0.3, -0.25) is 9.69 Å². The molecule has 0 saturated heterocycles. The van der Waals surface area contributed by atoms with Crippen molar-refractivity contribution in [2.75, 3.05) is 20.3 Å². The molecule has 1 atom stereocenters. The van der Waals surface area contributed by atoms with Gasteiger partial charge in [-0.05, 0) is 20.3 Å². The summed E-state index contributed by atoms with van der Waals surface area (Å²) in [6.45, 7) is 3.97. The first-order valence-electron chi connectivity index (χ1n) is 7.12. The first kappa shape index (κ1) is 17.7. The van der Waals surface area contributed by atoms with Gasteiger partial charge in [0.15, 0.2) is 0 Å². The van der Waals surface area contributed by atoms with E-state index >= 15 is 0 Å². The van der Waals surface area contributed by atoms with E-state index in [1.165, 1.54) is 24.4 Å². The quantitative estimate of drug-likeness (QED) is 0.551. The van der Waals surface area contributed by atoms with Crippen LogP contribution in [0.15, 0.2) is 24.0 Å². The average molecular weight is 311 g/mol. The van der Waals surface area contributed by atoms with Gasteiger partial charge in [0.25, 0.3) is 0 Å². The molecule has 0 radical (unpaired) electrons. The number of carbonyl (C=O) groups excluding carboxylic acids is 3. The molecule has 1 unspecified atom stereocenters. The van der Waals surface area contributed by atoms with Crippen molar-refractivity contribution in [3.8, 4) is 0 Å². The minimum atomic E-state index is -0.580. The lowest BCUT2D eigenvalue weighted by molar-refractivity contribution is -0.143. The van der Waals surface area contributed by atoms with Crippen LogP contribution < -0.4 is 0 Å². The monoisotopic (exact) mass is 311 g/mol. The van der Waals surface area contributed by atoms with Gasteiger partial charge in [-0.15, -0.1) is 0 Å². The van der Waals surface area contributed by atoms with Crippen LogP contribution in [0.25, 0.3) is 0 Å². The van der Waals surface area contributed by atoms with Gasteiger partial charge in [-0.25, -0.2) is 9.59 Å². The van der Waals surface area contributed by atoms with Crippen LogP contribution in [0.3, 0.4) is 0 Å². The molecule has 1 rings (SSSR count). The molecular formula is C15H21NO6. The van der Waals surface area contributed by atoms with E-state index in [1.54, 1.807) is 19.9 Å². The van der Waals surface area contributed by atoms with Gasteiger partial charge in [0, 0.05) is 24.7 Å². The molecule has 0 aromatic carbocycles. The lowest BCUT2D eigenvalue weighted by atomic mass is 9.92. The summed E-state index contributed by atoms with van der Waals surface area (Å²) in [5, 5.41) is 0. The number of rotatable bonds is 6. The number of ether oxygens (including phenoxy) is 3. The van der Waals surface area contributed by atoms with Gasteiger partial charge in [0.2, 0.25) is 0 Å². The fraction of sp³-hybridized carbons (Fsp3) is 0.533. The standard InChI is InChI=1S/C15H21NO6/c1-4-21-13(17)7-6-11-8-9-16(15(19)22-5-2)10-12(11)14(18)20-3/h8-11H,4-7H2,1-3H3. The van der Waals surface area contributed by atoms with E-state index in [-0.39, 0.29) is 24.9 Å². The van der Waals surface area contributed by atoms with E-state index in [0.29, 0.717) is 18.6 Å². The van der Waals surface area contributed by atoms with Crippen LogP contribution in [-0.2, 0) is 23.8 Å². The third kappa shape index (κ3) is 4.91. The van der Waals surface area contributed by atoms with Gasteiger partial charge >= 0.3 is 18.0 Å². The maximum absolute atomic E-state index is 11.9. The normalized spacial score (nSPS) is 16.8. The zero-order valence-corrected chi connectivity index (χ0v) is 13.0. The summed E-state index contributed by atoms with van der Waals surface area (Å²) in [5.74, 6) is -1.19. The van der Waals surface area contributed by atoms with Crippen molar-refractivity contribution in [1.82, 2.24) is 4.90 Å². The lowest BCUT2D eigenvalue weighted by Gasteiger charge is -2.23. The molecule has 0 spiro atoms.